The summed E-state index contributed by atoms with van der Waals surface area (Å²) in [5.74, 6) is 1.26. The van der Waals surface area contributed by atoms with E-state index in [-0.39, 0.29) is 12.1 Å². The number of hydrogen-bond donors (Lipinski definition) is 1. The fourth-order valence-corrected chi connectivity index (χ4v) is 4.79. The van der Waals surface area contributed by atoms with Crippen LogP contribution in [0.1, 0.15) is 36.8 Å². The van der Waals surface area contributed by atoms with Crippen LogP contribution in [0.25, 0.3) is 0 Å². The van der Waals surface area contributed by atoms with E-state index in [2.05, 4.69) is 16.3 Å². The first-order valence-corrected chi connectivity index (χ1v) is 12.1. The quantitative estimate of drug-likeness (QED) is 0.516. The van der Waals surface area contributed by atoms with Gasteiger partial charge < -0.3 is 15.0 Å². The van der Waals surface area contributed by atoms with Gasteiger partial charge in [0.25, 0.3) is 0 Å². The second-order valence-electron chi connectivity index (χ2n) is 9.09. The van der Waals surface area contributed by atoms with Crippen molar-refractivity contribution in [3.63, 3.8) is 0 Å². The van der Waals surface area contributed by atoms with Crippen LogP contribution < -0.4 is 10.1 Å². The van der Waals surface area contributed by atoms with E-state index in [0.717, 1.165) is 54.4 Å². The molecule has 1 saturated heterocycles. The summed E-state index contributed by atoms with van der Waals surface area (Å²) in [6.45, 7) is 5.85. The molecule has 2 aromatic carbocycles. The van der Waals surface area contributed by atoms with Crippen molar-refractivity contribution in [3.05, 3.63) is 57.6 Å². The van der Waals surface area contributed by atoms with Crippen LogP contribution in [0.2, 0.25) is 10.0 Å². The van der Waals surface area contributed by atoms with Crippen molar-refractivity contribution < 1.29 is 9.53 Å². The number of nitrogens with zero attached hydrogens (tertiary/aromatic N) is 2. The number of aryl methyl sites for hydroxylation is 1. The summed E-state index contributed by atoms with van der Waals surface area (Å²) in [7, 11) is 1.82. The highest BCUT2D eigenvalue weighted by atomic mass is 35.5. The molecular formula is C25H31Cl2N3O2. The maximum atomic E-state index is 12.5. The van der Waals surface area contributed by atoms with Gasteiger partial charge in [0.1, 0.15) is 5.75 Å². The van der Waals surface area contributed by atoms with Crippen LogP contribution >= 0.6 is 23.2 Å². The van der Waals surface area contributed by atoms with Gasteiger partial charge in [0, 0.05) is 35.9 Å². The predicted octanol–water partition coefficient (Wildman–Crippen LogP) is 6.22. The van der Waals surface area contributed by atoms with Crippen LogP contribution in [0.3, 0.4) is 0 Å². The van der Waals surface area contributed by atoms with Crippen LogP contribution in [0.4, 0.5) is 10.5 Å². The monoisotopic (exact) mass is 475 g/mol. The average molecular weight is 476 g/mol. The molecule has 2 fully saturated rings. The molecule has 0 atom stereocenters. The molecule has 1 aliphatic heterocycles. The molecular weight excluding hydrogens is 445 g/mol. The molecule has 172 valence electrons. The van der Waals surface area contributed by atoms with Gasteiger partial charge in [-0.05, 0) is 87.0 Å². The third-order valence-corrected chi connectivity index (χ3v) is 7.17. The lowest BCUT2D eigenvalue weighted by Crippen LogP contribution is -2.43. The summed E-state index contributed by atoms with van der Waals surface area (Å²) in [4.78, 5) is 16.6. The van der Waals surface area contributed by atoms with Gasteiger partial charge >= 0.3 is 6.03 Å². The molecule has 1 N–H and O–H groups in total. The summed E-state index contributed by atoms with van der Waals surface area (Å²) in [5.41, 5.74) is 2.85. The maximum Gasteiger partial charge on any atom is 0.321 e. The van der Waals surface area contributed by atoms with Gasteiger partial charge in [0.2, 0.25) is 0 Å². The molecule has 0 bridgehead atoms. The fraction of sp³-hybridized carbons (Fsp3) is 0.480. The van der Waals surface area contributed by atoms with Gasteiger partial charge in [-0.3, -0.25) is 4.90 Å². The molecule has 1 saturated carbocycles. The standard InChI is InChI=1S/C25H31Cl2N3O2/c1-17-5-7-20(13-23(17)26)28-25(31)29(2)15-18-11-22(12-18)32-21-8-6-19(24(27)14-21)16-30-9-3-4-10-30/h5-8,13-14,18,22H,3-4,9-12,15-16H2,1-2H3,(H,28,31). The Labute approximate surface area is 200 Å². The Morgan fingerprint density at radius 2 is 1.88 bits per heavy atom. The number of carbonyl (C=O) groups is 1. The third kappa shape index (κ3) is 5.89. The van der Waals surface area contributed by atoms with Crippen LogP contribution in [0.5, 0.6) is 5.75 Å². The van der Waals surface area contributed by atoms with Gasteiger partial charge in [0.05, 0.1) is 6.10 Å². The summed E-state index contributed by atoms with van der Waals surface area (Å²) in [5, 5.41) is 4.33. The van der Waals surface area contributed by atoms with Gasteiger partial charge in [-0.2, -0.15) is 0 Å². The number of benzene rings is 2. The first-order chi connectivity index (χ1) is 15.4. The van der Waals surface area contributed by atoms with Gasteiger partial charge in [0.15, 0.2) is 0 Å². The van der Waals surface area contributed by atoms with E-state index in [9.17, 15) is 4.79 Å². The van der Waals surface area contributed by atoms with E-state index in [4.69, 9.17) is 27.9 Å². The van der Waals surface area contributed by atoms with E-state index in [1.165, 1.54) is 12.8 Å². The Morgan fingerprint density at radius 1 is 1.12 bits per heavy atom. The number of urea groups is 1. The largest absolute Gasteiger partial charge is 0.490 e. The minimum absolute atomic E-state index is 0.130. The van der Waals surface area contributed by atoms with Gasteiger partial charge in [-0.1, -0.05) is 35.3 Å². The van der Waals surface area contributed by atoms with Crippen molar-refractivity contribution in [2.24, 2.45) is 5.92 Å². The second kappa shape index (κ2) is 10.3. The molecule has 0 unspecified atom stereocenters. The Kier molecular flexibility index (Phi) is 7.49. The number of anilines is 1. The smallest absolute Gasteiger partial charge is 0.321 e. The molecule has 1 aliphatic carbocycles. The molecule has 4 rings (SSSR count). The predicted molar refractivity (Wildman–Crippen MR) is 131 cm³/mol. The van der Waals surface area contributed by atoms with E-state index < -0.39 is 0 Å². The molecule has 2 amide bonds. The maximum absolute atomic E-state index is 12.5. The van der Waals surface area contributed by atoms with E-state index in [1.807, 2.05) is 38.2 Å². The zero-order chi connectivity index (χ0) is 22.7. The highest BCUT2D eigenvalue weighted by Gasteiger charge is 2.32. The number of carbonyl (C=O) groups excluding carboxylic acids is 1. The molecule has 2 aliphatic rings. The van der Waals surface area contributed by atoms with Crippen molar-refractivity contribution in [3.8, 4) is 5.75 Å². The summed E-state index contributed by atoms with van der Waals surface area (Å²) in [6, 6.07) is 11.5. The number of amides is 2. The molecule has 32 heavy (non-hydrogen) atoms. The van der Waals surface area contributed by atoms with Crippen LogP contribution in [0.15, 0.2) is 36.4 Å². The number of halogens is 2. The number of rotatable bonds is 7. The van der Waals surface area contributed by atoms with E-state index in [1.54, 1.807) is 11.0 Å². The van der Waals surface area contributed by atoms with Crippen molar-refractivity contribution in [2.75, 3.05) is 32.0 Å². The first-order valence-electron chi connectivity index (χ1n) is 11.3. The van der Waals surface area contributed by atoms with Gasteiger partial charge in [-0.25, -0.2) is 4.79 Å². The zero-order valence-electron chi connectivity index (χ0n) is 18.7. The molecule has 0 aromatic heterocycles. The van der Waals surface area contributed by atoms with Crippen molar-refractivity contribution in [1.82, 2.24) is 9.80 Å². The number of nitrogens with one attached hydrogen (secondary N) is 1. The van der Waals surface area contributed by atoms with Crippen LogP contribution in [-0.2, 0) is 6.54 Å². The number of likely N-dealkylation sites (tertiary alicyclic amines) is 1. The molecule has 2 aromatic rings. The fourth-order valence-electron chi connectivity index (χ4n) is 4.38. The first kappa shape index (κ1) is 23.2. The average Bonchev–Trinajstić information content (AvgIpc) is 3.24. The second-order valence-corrected chi connectivity index (χ2v) is 9.90. The Balaban J connectivity index is 1.20. The normalized spacial score (nSPS) is 20.6. The lowest BCUT2D eigenvalue weighted by molar-refractivity contribution is 0.0532. The summed E-state index contributed by atoms with van der Waals surface area (Å²) in [6.07, 6.45) is 4.59. The molecule has 7 heteroatoms. The van der Waals surface area contributed by atoms with Gasteiger partial charge in [-0.15, -0.1) is 0 Å². The molecule has 1 heterocycles. The minimum atomic E-state index is -0.130. The third-order valence-electron chi connectivity index (χ3n) is 6.41. The van der Waals surface area contributed by atoms with Crippen molar-refractivity contribution in [2.45, 2.75) is 45.3 Å². The summed E-state index contributed by atoms with van der Waals surface area (Å²) < 4.78 is 6.12. The van der Waals surface area contributed by atoms with Crippen LogP contribution in [-0.4, -0.2) is 48.6 Å². The topological polar surface area (TPSA) is 44.8 Å². The van der Waals surface area contributed by atoms with Crippen molar-refractivity contribution in [1.29, 1.82) is 0 Å². The number of ether oxygens (including phenoxy) is 1. The number of hydrogen-bond acceptors (Lipinski definition) is 3. The molecule has 0 radical (unpaired) electrons. The molecule has 0 spiro atoms. The van der Waals surface area contributed by atoms with Crippen LogP contribution in [0, 0.1) is 12.8 Å². The summed E-state index contributed by atoms with van der Waals surface area (Å²) >= 11 is 12.6. The van der Waals surface area contributed by atoms with E-state index >= 15 is 0 Å². The highest BCUT2D eigenvalue weighted by molar-refractivity contribution is 6.31. The Bertz CT molecular complexity index is 956. The SMILES string of the molecule is Cc1ccc(NC(=O)N(C)CC2CC(Oc3ccc(CN4CCCC4)c(Cl)c3)C2)cc1Cl. The Morgan fingerprint density at radius 3 is 2.56 bits per heavy atom. The molecule has 5 nitrogen and oxygen atoms in total. The zero-order valence-corrected chi connectivity index (χ0v) is 20.3. The highest BCUT2D eigenvalue weighted by Crippen LogP contribution is 2.33. The van der Waals surface area contributed by atoms with Crippen molar-refractivity contribution >= 4 is 34.9 Å². The Hall–Kier alpha value is -1.95. The lowest BCUT2D eigenvalue weighted by Gasteiger charge is -2.37. The van der Waals surface area contributed by atoms with E-state index in [0.29, 0.717) is 23.2 Å². The lowest BCUT2D eigenvalue weighted by atomic mass is 9.82. The minimum Gasteiger partial charge on any atom is -0.490 e.